The second-order valence-corrected chi connectivity index (χ2v) is 6.60. The molecule has 0 aliphatic heterocycles. The fraction of sp³-hybridized carbons (Fsp3) is 0.0909. The van der Waals surface area contributed by atoms with Gasteiger partial charge in [0.1, 0.15) is 5.76 Å². The lowest BCUT2D eigenvalue weighted by molar-refractivity contribution is -0.137. The minimum atomic E-state index is -4.45. The van der Waals surface area contributed by atoms with Crippen molar-refractivity contribution >= 4 is 11.6 Å². The van der Waals surface area contributed by atoms with Crippen LogP contribution in [0.15, 0.2) is 83.5 Å². The van der Waals surface area contributed by atoms with E-state index in [9.17, 15) is 18.0 Å². The fourth-order valence-corrected chi connectivity index (χ4v) is 2.99. The lowest BCUT2D eigenvalue weighted by Gasteiger charge is -2.08. The number of amides is 1. The van der Waals surface area contributed by atoms with Gasteiger partial charge < -0.3 is 9.73 Å². The smallest absolute Gasteiger partial charge is 0.416 e. The molecule has 0 aliphatic carbocycles. The maximum Gasteiger partial charge on any atom is 0.416 e. The maximum atomic E-state index is 12.9. The zero-order valence-corrected chi connectivity index (χ0v) is 15.6. The van der Waals surface area contributed by atoms with Crippen LogP contribution in [0.2, 0.25) is 0 Å². The number of furan rings is 1. The zero-order chi connectivity index (χ0) is 21.1. The number of carbonyl (C=O) groups is 1. The molecule has 8 heteroatoms. The van der Waals surface area contributed by atoms with Crippen molar-refractivity contribution in [1.82, 2.24) is 9.78 Å². The largest absolute Gasteiger partial charge is 0.451 e. The average molecular weight is 411 g/mol. The minimum Gasteiger partial charge on any atom is -0.451 e. The summed E-state index contributed by atoms with van der Waals surface area (Å²) in [5.41, 5.74) is 0.976. The summed E-state index contributed by atoms with van der Waals surface area (Å²) >= 11 is 0. The molecular formula is C22H16F3N3O2. The second kappa shape index (κ2) is 7.90. The predicted octanol–water partition coefficient (Wildman–Crippen LogP) is 5.46. The molecule has 0 bridgehead atoms. The Morgan fingerprint density at radius 1 is 1.03 bits per heavy atom. The van der Waals surface area contributed by atoms with Gasteiger partial charge in [0.05, 0.1) is 12.1 Å². The molecule has 0 spiro atoms. The Kier molecular flexibility index (Phi) is 5.14. The number of aromatic nitrogens is 2. The quantitative estimate of drug-likeness (QED) is 0.474. The minimum absolute atomic E-state index is 0.000101. The molecule has 0 unspecified atom stereocenters. The molecule has 1 amide bonds. The molecule has 0 aliphatic rings. The summed E-state index contributed by atoms with van der Waals surface area (Å²) in [6, 6.07) is 16.8. The number of hydrogen-bond donors (Lipinski definition) is 1. The summed E-state index contributed by atoms with van der Waals surface area (Å²) < 4.78 is 46.0. The number of benzene rings is 2. The summed E-state index contributed by atoms with van der Waals surface area (Å²) in [7, 11) is 0. The van der Waals surface area contributed by atoms with Crippen molar-refractivity contribution in [1.29, 1.82) is 0 Å². The monoisotopic (exact) mass is 411 g/mol. The number of halogens is 3. The Hall–Kier alpha value is -3.81. The van der Waals surface area contributed by atoms with Gasteiger partial charge in [-0.3, -0.25) is 9.48 Å². The fourth-order valence-electron chi connectivity index (χ4n) is 2.99. The predicted molar refractivity (Wildman–Crippen MR) is 105 cm³/mol. The number of carbonyl (C=O) groups excluding carboxylic acids is 1. The molecule has 4 rings (SSSR count). The molecule has 0 atom stereocenters. The number of alkyl halides is 3. The van der Waals surface area contributed by atoms with Crippen LogP contribution in [0, 0.1) is 0 Å². The van der Waals surface area contributed by atoms with Crippen LogP contribution < -0.4 is 5.32 Å². The van der Waals surface area contributed by atoms with Crippen molar-refractivity contribution in [2.24, 2.45) is 0 Å². The molecule has 152 valence electrons. The number of hydrogen-bond acceptors (Lipinski definition) is 3. The van der Waals surface area contributed by atoms with Gasteiger partial charge in [-0.25, -0.2) is 0 Å². The van der Waals surface area contributed by atoms with Crippen molar-refractivity contribution in [3.05, 3.63) is 96.0 Å². The topological polar surface area (TPSA) is 60.1 Å². The van der Waals surface area contributed by atoms with Gasteiger partial charge in [0, 0.05) is 23.6 Å². The Balaban J connectivity index is 1.49. The molecule has 30 heavy (non-hydrogen) atoms. The van der Waals surface area contributed by atoms with Crippen LogP contribution >= 0.6 is 0 Å². The lowest BCUT2D eigenvalue weighted by atomic mass is 10.1. The van der Waals surface area contributed by atoms with E-state index in [4.69, 9.17) is 4.42 Å². The van der Waals surface area contributed by atoms with Crippen LogP contribution in [-0.2, 0) is 12.7 Å². The van der Waals surface area contributed by atoms with Crippen LogP contribution in [-0.4, -0.2) is 15.7 Å². The van der Waals surface area contributed by atoms with E-state index in [-0.39, 0.29) is 17.1 Å². The van der Waals surface area contributed by atoms with E-state index in [1.165, 1.54) is 24.3 Å². The first kappa shape index (κ1) is 19.5. The van der Waals surface area contributed by atoms with Crippen molar-refractivity contribution < 1.29 is 22.4 Å². The summed E-state index contributed by atoms with van der Waals surface area (Å²) in [4.78, 5) is 12.5. The Bertz CT molecular complexity index is 1160. The van der Waals surface area contributed by atoms with Gasteiger partial charge in [-0.2, -0.15) is 18.3 Å². The molecule has 5 nitrogen and oxygen atoms in total. The second-order valence-electron chi connectivity index (χ2n) is 6.60. The van der Waals surface area contributed by atoms with Gasteiger partial charge in [-0.1, -0.05) is 24.3 Å². The van der Waals surface area contributed by atoms with E-state index in [1.54, 1.807) is 16.9 Å². The van der Waals surface area contributed by atoms with Crippen molar-refractivity contribution in [3.63, 3.8) is 0 Å². The highest BCUT2D eigenvalue weighted by atomic mass is 19.4. The van der Waals surface area contributed by atoms with Crippen LogP contribution in [0.5, 0.6) is 0 Å². The highest BCUT2D eigenvalue weighted by Gasteiger charge is 2.30. The SMILES string of the molecule is O=C(Nc1cccc(Cn2cccn2)c1)c1ccc(-c2cccc(C(F)(F)F)c2)o1. The molecule has 0 saturated carbocycles. The highest BCUT2D eigenvalue weighted by molar-refractivity contribution is 6.02. The first-order chi connectivity index (χ1) is 14.4. The van der Waals surface area contributed by atoms with E-state index >= 15 is 0 Å². The van der Waals surface area contributed by atoms with E-state index in [1.807, 2.05) is 30.5 Å². The third-order valence-corrected chi connectivity index (χ3v) is 4.39. The highest BCUT2D eigenvalue weighted by Crippen LogP contribution is 2.32. The summed E-state index contributed by atoms with van der Waals surface area (Å²) in [5.74, 6) is -0.317. The maximum absolute atomic E-state index is 12.9. The average Bonchev–Trinajstić information content (AvgIpc) is 3.40. The van der Waals surface area contributed by atoms with E-state index < -0.39 is 17.6 Å². The van der Waals surface area contributed by atoms with Gasteiger partial charge in [-0.15, -0.1) is 0 Å². The van der Waals surface area contributed by atoms with Gasteiger partial charge in [0.25, 0.3) is 5.91 Å². The van der Waals surface area contributed by atoms with Crippen LogP contribution in [0.3, 0.4) is 0 Å². The third-order valence-electron chi connectivity index (χ3n) is 4.39. The van der Waals surface area contributed by atoms with Gasteiger partial charge in [-0.05, 0) is 48.0 Å². The standard InChI is InChI=1S/C22H16F3N3O2/c23-22(24,25)17-6-2-5-16(13-17)19-8-9-20(30-19)21(29)27-18-7-1-4-15(12-18)14-28-11-3-10-26-28/h1-13H,14H2,(H,27,29). The van der Waals surface area contributed by atoms with E-state index in [0.29, 0.717) is 12.2 Å². The number of anilines is 1. The van der Waals surface area contributed by atoms with Gasteiger partial charge in [0.15, 0.2) is 5.76 Å². The third kappa shape index (κ3) is 4.43. The summed E-state index contributed by atoms with van der Waals surface area (Å²) in [6.45, 7) is 0.553. The van der Waals surface area contributed by atoms with E-state index in [0.717, 1.165) is 17.7 Å². The van der Waals surface area contributed by atoms with Crippen LogP contribution in [0.1, 0.15) is 21.7 Å². The number of rotatable bonds is 5. The Labute approximate surface area is 169 Å². The Morgan fingerprint density at radius 2 is 1.87 bits per heavy atom. The summed E-state index contributed by atoms with van der Waals surface area (Å²) in [5, 5.41) is 6.88. The van der Waals surface area contributed by atoms with Crippen molar-refractivity contribution in [3.8, 4) is 11.3 Å². The summed E-state index contributed by atoms with van der Waals surface area (Å²) in [6.07, 6.45) is -0.933. The van der Waals surface area contributed by atoms with Crippen LogP contribution in [0.4, 0.5) is 18.9 Å². The molecule has 2 aromatic heterocycles. The zero-order valence-electron chi connectivity index (χ0n) is 15.6. The molecule has 2 aromatic carbocycles. The van der Waals surface area contributed by atoms with Gasteiger partial charge >= 0.3 is 6.18 Å². The molecule has 4 aromatic rings. The normalized spacial score (nSPS) is 11.4. The van der Waals surface area contributed by atoms with Crippen molar-refractivity contribution in [2.45, 2.75) is 12.7 Å². The van der Waals surface area contributed by atoms with E-state index in [2.05, 4.69) is 10.4 Å². The van der Waals surface area contributed by atoms with Crippen LogP contribution in [0.25, 0.3) is 11.3 Å². The Morgan fingerprint density at radius 3 is 2.63 bits per heavy atom. The number of nitrogens with one attached hydrogen (secondary N) is 1. The molecule has 2 heterocycles. The molecule has 0 radical (unpaired) electrons. The molecule has 0 fully saturated rings. The number of nitrogens with zero attached hydrogens (tertiary/aromatic N) is 2. The van der Waals surface area contributed by atoms with Gasteiger partial charge in [0.2, 0.25) is 0 Å². The first-order valence-electron chi connectivity index (χ1n) is 9.04. The molecule has 1 N–H and O–H groups in total. The molecular weight excluding hydrogens is 395 g/mol. The lowest BCUT2D eigenvalue weighted by Crippen LogP contribution is -2.11. The first-order valence-corrected chi connectivity index (χ1v) is 9.04. The van der Waals surface area contributed by atoms with Crippen molar-refractivity contribution in [2.75, 3.05) is 5.32 Å². The molecule has 0 saturated heterocycles.